The van der Waals surface area contributed by atoms with Crippen molar-refractivity contribution in [3.8, 4) is 0 Å². The molecule has 0 saturated carbocycles. The summed E-state index contributed by atoms with van der Waals surface area (Å²) >= 11 is 1.19. The van der Waals surface area contributed by atoms with E-state index in [2.05, 4.69) is 5.32 Å². The Bertz CT molecular complexity index is 737. The summed E-state index contributed by atoms with van der Waals surface area (Å²) in [4.78, 5) is 0.415. The van der Waals surface area contributed by atoms with Crippen LogP contribution in [0.15, 0.2) is 28.5 Å². The Morgan fingerprint density at radius 2 is 1.81 bits per heavy atom. The summed E-state index contributed by atoms with van der Waals surface area (Å²) in [5, 5.41) is 4.35. The van der Waals surface area contributed by atoms with Crippen LogP contribution in [0.1, 0.15) is 4.88 Å². The fourth-order valence-electron chi connectivity index (χ4n) is 1.69. The van der Waals surface area contributed by atoms with E-state index in [4.69, 9.17) is 0 Å². The number of nitrogens with one attached hydrogen (secondary N) is 2. The predicted molar refractivity (Wildman–Crippen MR) is 74.2 cm³/mol. The molecule has 2 N–H and O–H groups in total. The molecule has 114 valence electrons. The summed E-state index contributed by atoms with van der Waals surface area (Å²) < 4.78 is 66.0. The maximum Gasteiger partial charge on any atom is 0.263 e. The monoisotopic (exact) mass is 336 g/mol. The van der Waals surface area contributed by atoms with Crippen molar-refractivity contribution in [2.75, 3.05) is 11.8 Å². The number of sulfonamides is 1. The molecule has 4 nitrogen and oxygen atoms in total. The van der Waals surface area contributed by atoms with Gasteiger partial charge in [0.25, 0.3) is 10.0 Å². The molecule has 1 aromatic heterocycles. The highest BCUT2D eigenvalue weighted by Crippen LogP contribution is 2.27. The van der Waals surface area contributed by atoms with Crippen LogP contribution in [0, 0.1) is 17.5 Å². The van der Waals surface area contributed by atoms with E-state index in [1.54, 1.807) is 12.4 Å². The largest absolute Gasteiger partial charge is 0.315 e. The lowest BCUT2D eigenvalue weighted by atomic mass is 10.3. The Kier molecular flexibility index (Phi) is 4.55. The van der Waals surface area contributed by atoms with E-state index in [0.717, 1.165) is 0 Å². The van der Waals surface area contributed by atoms with Gasteiger partial charge in [-0.05, 0) is 18.5 Å². The van der Waals surface area contributed by atoms with Crippen molar-refractivity contribution in [1.29, 1.82) is 0 Å². The van der Waals surface area contributed by atoms with Crippen LogP contribution in [0.3, 0.4) is 0 Å². The van der Waals surface area contributed by atoms with E-state index in [1.165, 1.54) is 17.4 Å². The molecule has 0 radical (unpaired) electrons. The highest BCUT2D eigenvalue weighted by atomic mass is 32.2. The van der Waals surface area contributed by atoms with E-state index in [0.29, 0.717) is 23.6 Å². The Morgan fingerprint density at radius 3 is 2.38 bits per heavy atom. The summed E-state index contributed by atoms with van der Waals surface area (Å²) in [7, 11) is -2.52. The Hall–Kier alpha value is -1.58. The summed E-state index contributed by atoms with van der Waals surface area (Å²) in [6, 6.07) is 2.14. The van der Waals surface area contributed by atoms with E-state index < -0.39 is 33.2 Å². The second kappa shape index (κ2) is 6.04. The van der Waals surface area contributed by atoms with Gasteiger partial charge in [-0.2, -0.15) is 0 Å². The molecule has 0 aliphatic heterocycles. The summed E-state index contributed by atoms with van der Waals surface area (Å²) in [5.74, 6) is -3.76. The van der Waals surface area contributed by atoms with Crippen molar-refractivity contribution in [3.05, 3.63) is 45.9 Å². The van der Waals surface area contributed by atoms with Crippen LogP contribution < -0.4 is 10.0 Å². The van der Waals surface area contributed by atoms with Gasteiger partial charge in [0.15, 0.2) is 11.6 Å². The average molecular weight is 336 g/mol. The SMILES string of the molecule is CNCc1sccc1S(=O)(=O)Nc1c(F)cc(F)cc1F. The van der Waals surface area contributed by atoms with Crippen LogP contribution in [-0.4, -0.2) is 15.5 Å². The highest BCUT2D eigenvalue weighted by Gasteiger charge is 2.23. The van der Waals surface area contributed by atoms with Crippen molar-refractivity contribution in [2.24, 2.45) is 0 Å². The van der Waals surface area contributed by atoms with E-state index in [-0.39, 0.29) is 4.90 Å². The molecule has 2 aromatic rings. The minimum Gasteiger partial charge on any atom is -0.315 e. The lowest BCUT2D eigenvalue weighted by molar-refractivity contribution is 0.547. The normalized spacial score (nSPS) is 11.6. The number of rotatable bonds is 5. The molecule has 0 amide bonds. The highest BCUT2D eigenvalue weighted by molar-refractivity contribution is 7.93. The van der Waals surface area contributed by atoms with Crippen LogP contribution in [-0.2, 0) is 16.6 Å². The van der Waals surface area contributed by atoms with Crippen LogP contribution in [0.5, 0.6) is 0 Å². The van der Waals surface area contributed by atoms with Gasteiger partial charge in [0, 0.05) is 23.6 Å². The number of hydrogen-bond acceptors (Lipinski definition) is 4. The topological polar surface area (TPSA) is 58.2 Å². The fourth-order valence-corrected chi connectivity index (χ4v) is 4.22. The molecule has 0 aliphatic carbocycles. The molecular weight excluding hydrogens is 325 g/mol. The average Bonchev–Trinajstić information content (AvgIpc) is 2.83. The van der Waals surface area contributed by atoms with E-state index in [9.17, 15) is 21.6 Å². The second-order valence-corrected chi connectivity index (χ2v) is 6.74. The molecule has 0 atom stereocenters. The van der Waals surface area contributed by atoms with Crippen molar-refractivity contribution in [3.63, 3.8) is 0 Å². The minimum atomic E-state index is -4.16. The third kappa shape index (κ3) is 3.36. The van der Waals surface area contributed by atoms with Crippen molar-refractivity contribution >= 4 is 27.0 Å². The number of halogens is 3. The fraction of sp³-hybridized carbons (Fsp3) is 0.167. The molecular formula is C12H11F3N2O2S2. The Morgan fingerprint density at radius 1 is 1.19 bits per heavy atom. The zero-order chi connectivity index (χ0) is 15.6. The van der Waals surface area contributed by atoms with Gasteiger partial charge in [-0.25, -0.2) is 21.6 Å². The maximum atomic E-state index is 13.5. The molecule has 9 heteroatoms. The molecule has 0 aliphatic rings. The zero-order valence-electron chi connectivity index (χ0n) is 10.8. The van der Waals surface area contributed by atoms with E-state index in [1.807, 2.05) is 4.72 Å². The third-order valence-electron chi connectivity index (χ3n) is 2.57. The second-order valence-electron chi connectivity index (χ2n) is 4.09. The van der Waals surface area contributed by atoms with Crippen LogP contribution in [0.4, 0.5) is 18.9 Å². The Labute approximate surface area is 123 Å². The first-order valence-electron chi connectivity index (χ1n) is 5.73. The molecule has 1 heterocycles. The molecule has 0 saturated heterocycles. The van der Waals surface area contributed by atoms with Crippen LogP contribution >= 0.6 is 11.3 Å². The van der Waals surface area contributed by atoms with Crippen molar-refractivity contribution in [1.82, 2.24) is 5.32 Å². The van der Waals surface area contributed by atoms with Crippen molar-refractivity contribution in [2.45, 2.75) is 11.4 Å². The van der Waals surface area contributed by atoms with Crippen molar-refractivity contribution < 1.29 is 21.6 Å². The number of thiophene rings is 1. The van der Waals surface area contributed by atoms with Crippen LogP contribution in [0.2, 0.25) is 0 Å². The van der Waals surface area contributed by atoms with Gasteiger partial charge in [0.1, 0.15) is 16.4 Å². The predicted octanol–water partition coefficient (Wildman–Crippen LogP) is 2.69. The molecule has 0 fully saturated rings. The van der Waals surface area contributed by atoms with Gasteiger partial charge in [-0.15, -0.1) is 11.3 Å². The number of benzene rings is 1. The standard InChI is InChI=1S/C12H11F3N2O2S2/c1-16-6-10-11(2-3-20-10)21(18,19)17-12-8(14)4-7(13)5-9(12)15/h2-5,16-17H,6H2,1H3. The quantitative estimate of drug-likeness (QED) is 0.883. The molecule has 21 heavy (non-hydrogen) atoms. The van der Waals surface area contributed by atoms with Gasteiger partial charge in [0.05, 0.1) is 0 Å². The molecule has 0 unspecified atom stereocenters. The molecule has 2 rings (SSSR count). The van der Waals surface area contributed by atoms with Gasteiger partial charge in [0.2, 0.25) is 0 Å². The number of anilines is 1. The van der Waals surface area contributed by atoms with Gasteiger partial charge in [-0.1, -0.05) is 0 Å². The van der Waals surface area contributed by atoms with E-state index >= 15 is 0 Å². The minimum absolute atomic E-state index is 0.0787. The summed E-state index contributed by atoms with van der Waals surface area (Å²) in [6.07, 6.45) is 0. The first-order valence-corrected chi connectivity index (χ1v) is 8.09. The smallest absolute Gasteiger partial charge is 0.263 e. The first-order chi connectivity index (χ1) is 9.85. The maximum absolute atomic E-state index is 13.5. The van der Waals surface area contributed by atoms with Gasteiger partial charge < -0.3 is 5.32 Å². The zero-order valence-corrected chi connectivity index (χ0v) is 12.4. The number of hydrogen-bond donors (Lipinski definition) is 2. The first kappa shape index (κ1) is 15.8. The summed E-state index contributed by atoms with van der Waals surface area (Å²) in [6.45, 7) is 0.294. The van der Waals surface area contributed by atoms with Gasteiger partial charge >= 0.3 is 0 Å². The molecule has 0 bridgehead atoms. The Balaban J connectivity index is 2.40. The summed E-state index contributed by atoms with van der Waals surface area (Å²) in [5.41, 5.74) is -0.905. The lowest BCUT2D eigenvalue weighted by Crippen LogP contribution is -2.17. The molecule has 0 spiro atoms. The van der Waals surface area contributed by atoms with Gasteiger partial charge in [-0.3, -0.25) is 4.72 Å². The third-order valence-corrected chi connectivity index (χ3v) is 5.06. The lowest BCUT2D eigenvalue weighted by Gasteiger charge is -2.10. The van der Waals surface area contributed by atoms with Crippen LogP contribution in [0.25, 0.3) is 0 Å². The molecule has 1 aromatic carbocycles.